The molecular weight excluding hydrogens is 300 g/mol. The number of ether oxygens (including phenoxy) is 1. The van der Waals surface area contributed by atoms with E-state index in [4.69, 9.17) is 14.9 Å². The largest absolute Gasteiger partial charge is 0.493 e. The van der Waals surface area contributed by atoms with Crippen molar-refractivity contribution in [1.82, 2.24) is 4.98 Å². The van der Waals surface area contributed by atoms with E-state index in [2.05, 4.69) is 9.98 Å². The number of hydrogen-bond acceptors (Lipinski definition) is 6. The van der Waals surface area contributed by atoms with Crippen LogP contribution in [0.5, 0.6) is 5.75 Å². The van der Waals surface area contributed by atoms with Crippen molar-refractivity contribution in [3.8, 4) is 16.3 Å². The van der Waals surface area contributed by atoms with Crippen molar-refractivity contribution in [2.24, 2.45) is 10.9 Å². The summed E-state index contributed by atoms with van der Waals surface area (Å²) >= 11 is 1.59. The number of aromatic nitrogens is 1. The fourth-order valence-electron chi connectivity index (χ4n) is 2.43. The van der Waals surface area contributed by atoms with E-state index in [1.54, 1.807) is 17.5 Å². The minimum absolute atomic E-state index is 0.0992. The molecule has 22 heavy (non-hydrogen) atoms. The van der Waals surface area contributed by atoms with Gasteiger partial charge in [-0.3, -0.25) is 4.99 Å². The molecule has 0 unspecified atom stereocenters. The standard InChI is InChI=1S/C16H18N2O3S/c1-10-4-13-14(16-17-2-3-22-16)5-12(6-15(13)18-10)21-9-11(7-19)8-20/h2-3,5-6,11,19-20H,4,7-9H2,1H3. The van der Waals surface area contributed by atoms with Gasteiger partial charge >= 0.3 is 0 Å². The number of hydrogen-bond donors (Lipinski definition) is 2. The molecule has 0 atom stereocenters. The number of thiazole rings is 1. The molecule has 0 radical (unpaired) electrons. The number of benzene rings is 1. The first kappa shape index (κ1) is 15.1. The SMILES string of the molecule is CC1=Nc2cc(OCC(CO)CO)cc(-c3nccs3)c2C1. The Labute approximate surface area is 132 Å². The molecule has 0 aliphatic carbocycles. The number of fused-ring (bicyclic) bond motifs is 1. The summed E-state index contributed by atoms with van der Waals surface area (Å²) in [6, 6.07) is 3.88. The number of aliphatic hydroxyl groups excluding tert-OH is 2. The van der Waals surface area contributed by atoms with E-state index in [1.165, 1.54) is 5.56 Å². The van der Waals surface area contributed by atoms with Crippen LogP contribution < -0.4 is 4.74 Å². The molecule has 0 saturated carbocycles. The zero-order valence-corrected chi connectivity index (χ0v) is 13.1. The molecule has 0 bridgehead atoms. The average Bonchev–Trinajstić information content (AvgIpc) is 3.15. The Morgan fingerprint density at radius 2 is 2.14 bits per heavy atom. The van der Waals surface area contributed by atoms with E-state index in [1.807, 2.05) is 24.4 Å². The monoisotopic (exact) mass is 318 g/mol. The topological polar surface area (TPSA) is 74.9 Å². The lowest BCUT2D eigenvalue weighted by Crippen LogP contribution is -2.19. The first-order valence-corrected chi connectivity index (χ1v) is 8.04. The summed E-state index contributed by atoms with van der Waals surface area (Å²) < 4.78 is 5.74. The normalized spacial score (nSPS) is 13.4. The Hall–Kier alpha value is -1.76. The predicted octanol–water partition coefficient (Wildman–Crippen LogP) is 2.44. The number of nitrogens with zero attached hydrogens (tertiary/aromatic N) is 2. The molecule has 1 aromatic carbocycles. The van der Waals surface area contributed by atoms with Crippen molar-refractivity contribution in [3.05, 3.63) is 29.3 Å². The van der Waals surface area contributed by atoms with Gasteiger partial charge < -0.3 is 14.9 Å². The van der Waals surface area contributed by atoms with Gasteiger partial charge in [-0.15, -0.1) is 11.3 Å². The van der Waals surface area contributed by atoms with Gasteiger partial charge in [0.1, 0.15) is 10.8 Å². The highest BCUT2D eigenvalue weighted by molar-refractivity contribution is 7.13. The highest BCUT2D eigenvalue weighted by atomic mass is 32.1. The van der Waals surface area contributed by atoms with Gasteiger partial charge in [-0.25, -0.2) is 4.98 Å². The summed E-state index contributed by atoms with van der Waals surface area (Å²) in [5.74, 6) is 0.413. The van der Waals surface area contributed by atoms with E-state index in [-0.39, 0.29) is 25.7 Å². The van der Waals surface area contributed by atoms with Crippen molar-refractivity contribution in [2.75, 3.05) is 19.8 Å². The van der Waals surface area contributed by atoms with Crippen molar-refractivity contribution in [3.63, 3.8) is 0 Å². The van der Waals surface area contributed by atoms with Crippen LogP contribution in [0.1, 0.15) is 12.5 Å². The molecule has 0 saturated heterocycles. The molecule has 1 aromatic heterocycles. The molecule has 3 rings (SSSR count). The molecule has 2 aromatic rings. The second-order valence-electron chi connectivity index (χ2n) is 5.37. The molecular formula is C16H18N2O3S. The van der Waals surface area contributed by atoms with Crippen LogP contribution in [0, 0.1) is 5.92 Å². The van der Waals surface area contributed by atoms with Crippen molar-refractivity contribution in [1.29, 1.82) is 0 Å². The molecule has 116 valence electrons. The van der Waals surface area contributed by atoms with Crippen LogP contribution in [0.3, 0.4) is 0 Å². The Bertz CT molecular complexity index is 679. The van der Waals surface area contributed by atoms with Crippen LogP contribution in [0.15, 0.2) is 28.7 Å². The van der Waals surface area contributed by atoms with Crippen LogP contribution in [-0.2, 0) is 6.42 Å². The summed E-state index contributed by atoms with van der Waals surface area (Å²) in [6.45, 7) is 2.08. The Morgan fingerprint density at radius 1 is 1.32 bits per heavy atom. The van der Waals surface area contributed by atoms with Gasteiger partial charge in [0.05, 0.1) is 25.5 Å². The quantitative estimate of drug-likeness (QED) is 0.858. The van der Waals surface area contributed by atoms with Gasteiger partial charge in [0, 0.05) is 41.3 Å². The minimum atomic E-state index is -0.276. The molecule has 0 amide bonds. The van der Waals surface area contributed by atoms with E-state index >= 15 is 0 Å². The van der Waals surface area contributed by atoms with Gasteiger partial charge in [-0.05, 0) is 18.6 Å². The average molecular weight is 318 g/mol. The molecule has 5 nitrogen and oxygen atoms in total. The minimum Gasteiger partial charge on any atom is -0.493 e. The third kappa shape index (κ3) is 3.04. The summed E-state index contributed by atoms with van der Waals surface area (Å²) in [6.07, 6.45) is 2.62. The fraction of sp³-hybridized carbons (Fsp3) is 0.375. The maximum absolute atomic E-state index is 9.13. The first-order chi connectivity index (χ1) is 10.7. The molecule has 6 heteroatoms. The fourth-order valence-corrected chi connectivity index (χ4v) is 3.11. The highest BCUT2D eigenvalue weighted by Crippen LogP contribution is 2.40. The maximum Gasteiger partial charge on any atom is 0.123 e. The van der Waals surface area contributed by atoms with E-state index in [0.29, 0.717) is 5.75 Å². The predicted molar refractivity (Wildman–Crippen MR) is 87.2 cm³/mol. The van der Waals surface area contributed by atoms with Crippen LogP contribution in [-0.4, -0.2) is 40.7 Å². The third-order valence-electron chi connectivity index (χ3n) is 3.61. The van der Waals surface area contributed by atoms with E-state index in [0.717, 1.165) is 28.4 Å². The molecule has 0 spiro atoms. The zero-order chi connectivity index (χ0) is 15.5. The lowest BCUT2D eigenvalue weighted by molar-refractivity contribution is 0.106. The van der Waals surface area contributed by atoms with Crippen LogP contribution >= 0.6 is 11.3 Å². The van der Waals surface area contributed by atoms with Gasteiger partial charge in [0.2, 0.25) is 0 Å². The molecule has 0 fully saturated rings. The second kappa shape index (κ2) is 6.56. The lowest BCUT2D eigenvalue weighted by atomic mass is 10.0. The van der Waals surface area contributed by atoms with Crippen LogP contribution in [0.4, 0.5) is 5.69 Å². The second-order valence-corrected chi connectivity index (χ2v) is 6.27. The third-order valence-corrected chi connectivity index (χ3v) is 4.42. The number of aliphatic hydroxyl groups is 2. The Morgan fingerprint density at radius 3 is 2.82 bits per heavy atom. The van der Waals surface area contributed by atoms with E-state index in [9.17, 15) is 0 Å². The molecule has 1 aliphatic heterocycles. The van der Waals surface area contributed by atoms with E-state index < -0.39 is 0 Å². The Balaban J connectivity index is 1.92. The van der Waals surface area contributed by atoms with Crippen molar-refractivity contribution in [2.45, 2.75) is 13.3 Å². The zero-order valence-electron chi connectivity index (χ0n) is 12.3. The summed E-state index contributed by atoms with van der Waals surface area (Å²) in [5.41, 5.74) is 4.23. The smallest absolute Gasteiger partial charge is 0.123 e. The lowest BCUT2D eigenvalue weighted by Gasteiger charge is -2.14. The van der Waals surface area contributed by atoms with Gasteiger partial charge in [0.15, 0.2) is 0 Å². The molecule has 1 aliphatic rings. The summed E-state index contributed by atoms with van der Waals surface area (Å²) in [7, 11) is 0. The van der Waals surface area contributed by atoms with Gasteiger partial charge in [-0.2, -0.15) is 0 Å². The number of rotatable bonds is 6. The Kier molecular flexibility index (Phi) is 4.52. The van der Waals surface area contributed by atoms with Crippen molar-refractivity contribution >= 4 is 22.7 Å². The summed E-state index contributed by atoms with van der Waals surface area (Å²) in [4.78, 5) is 8.96. The number of aliphatic imine (C=N–C) groups is 1. The van der Waals surface area contributed by atoms with Crippen LogP contribution in [0.2, 0.25) is 0 Å². The van der Waals surface area contributed by atoms with Gasteiger partial charge in [0.25, 0.3) is 0 Å². The van der Waals surface area contributed by atoms with Gasteiger partial charge in [-0.1, -0.05) is 0 Å². The molecule has 2 heterocycles. The van der Waals surface area contributed by atoms with Crippen LogP contribution in [0.25, 0.3) is 10.6 Å². The van der Waals surface area contributed by atoms with Crippen molar-refractivity contribution < 1.29 is 14.9 Å². The summed E-state index contributed by atoms with van der Waals surface area (Å²) in [5, 5.41) is 21.2. The molecule has 2 N–H and O–H groups in total. The first-order valence-electron chi connectivity index (χ1n) is 7.16. The highest BCUT2D eigenvalue weighted by Gasteiger charge is 2.20. The maximum atomic E-state index is 9.13.